The lowest BCUT2D eigenvalue weighted by atomic mass is 10.0. The Bertz CT molecular complexity index is 1410. The van der Waals surface area contributed by atoms with E-state index in [1.807, 2.05) is 48.5 Å². The van der Waals surface area contributed by atoms with E-state index in [1.54, 1.807) is 19.1 Å². The third kappa shape index (κ3) is 5.28. The molecule has 0 N–H and O–H groups in total. The van der Waals surface area contributed by atoms with Crippen molar-refractivity contribution in [1.29, 1.82) is 0 Å². The van der Waals surface area contributed by atoms with E-state index >= 15 is 0 Å². The Hall–Kier alpha value is -3.36. The number of nitrogens with zero attached hydrogens (tertiary/aromatic N) is 3. The Balaban J connectivity index is 1.30. The summed E-state index contributed by atoms with van der Waals surface area (Å²) >= 11 is 0. The fourth-order valence-corrected chi connectivity index (χ4v) is 6.76. The van der Waals surface area contributed by atoms with Gasteiger partial charge in [0.1, 0.15) is 10.6 Å². The number of fused-ring (bicyclic) bond motifs is 1. The second-order valence-electron chi connectivity index (χ2n) is 10.1. The van der Waals surface area contributed by atoms with E-state index in [1.165, 1.54) is 7.11 Å². The van der Waals surface area contributed by atoms with Crippen LogP contribution in [0.2, 0.25) is 0 Å². The predicted molar refractivity (Wildman–Crippen MR) is 151 cm³/mol. The van der Waals surface area contributed by atoms with E-state index in [4.69, 9.17) is 4.74 Å². The molecule has 8 heteroatoms. The highest BCUT2D eigenvalue weighted by atomic mass is 32.2. The lowest BCUT2D eigenvalue weighted by Crippen LogP contribution is -2.46. The quantitative estimate of drug-likeness (QED) is 0.442. The second-order valence-corrected chi connectivity index (χ2v) is 12.1. The molecule has 0 atom stereocenters. The van der Waals surface area contributed by atoms with Crippen molar-refractivity contribution in [3.8, 4) is 5.75 Å². The van der Waals surface area contributed by atoms with Crippen LogP contribution in [-0.2, 0) is 22.7 Å². The van der Waals surface area contributed by atoms with Crippen molar-refractivity contribution in [2.75, 3.05) is 63.2 Å². The zero-order chi connectivity index (χ0) is 26.9. The number of benzene rings is 3. The Kier molecular flexibility index (Phi) is 7.45. The molecule has 0 aromatic heterocycles. The van der Waals surface area contributed by atoms with Crippen molar-refractivity contribution < 1.29 is 17.9 Å². The number of sulfone groups is 1. The van der Waals surface area contributed by atoms with Gasteiger partial charge in [-0.25, -0.2) is 8.42 Å². The first-order chi connectivity index (χ1) is 18.3. The van der Waals surface area contributed by atoms with Crippen LogP contribution in [0, 0.1) is 0 Å². The van der Waals surface area contributed by atoms with Crippen molar-refractivity contribution in [1.82, 2.24) is 4.90 Å². The number of piperazine rings is 1. The minimum absolute atomic E-state index is 0.0696. The Morgan fingerprint density at radius 1 is 0.763 bits per heavy atom. The molecule has 0 bridgehead atoms. The molecule has 0 radical (unpaired) electrons. The van der Waals surface area contributed by atoms with Crippen molar-refractivity contribution >= 4 is 27.0 Å². The van der Waals surface area contributed by atoms with Gasteiger partial charge < -0.3 is 19.4 Å². The smallest absolute Gasteiger partial charge is 0.210 e. The standard InChI is InChI=1S/C30H35N3O4S/c1-22(34)23-4-6-26(7-5-23)32-16-18-33(19-17-32)27-8-10-28(11-9-27)38(35,36)30-21-25-13-15-31(2)14-12-24(25)20-29(30)37-3/h4-11,20-21H,12-19H2,1-3H3. The highest BCUT2D eigenvalue weighted by Crippen LogP contribution is 2.34. The van der Waals surface area contributed by atoms with E-state index < -0.39 is 9.84 Å². The van der Waals surface area contributed by atoms with Crippen LogP contribution in [0.25, 0.3) is 0 Å². The monoisotopic (exact) mass is 533 g/mol. The van der Waals surface area contributed by atoms with Crippen LogP contribution in [0.5, 0.6) is 5.75 Å². The number of ketones is 1. The zero-order valence-electron chi connectivity index (χ0n) is 22.3. The summed E-state index contributed by atoms with van der Waals surface area (Å²) in [5.74, 6) is 0.477. The third-order valence-electron chi connectivity index (χ3n) is 7.73. The number of hydrogen-bond donors (Lipinski definition) is 0. The summed E-state index contributed by atoms with van der Waals surface area (Å²) in [5.41, 5.74) is 5.08. The number of carbonyl (C=O) groups excluding carboxylic acids is 1. The van der Waals surface area contributed by atoms with Gasteiger partial charge in [0.25, 0.3) is 0 Å². The minimum atomic E-state index is -3.73. The summed E-state index contributed by atoms with van der Waals surface area (Å²) in [6, 6.07) is 18.7. The Labute approximate surface area is 225 Å². The normalized spacial score (nSPS) is 16.6. The van der Waals surface area contributed by atoms with Crippen LogP contribution in [-0.4, -0.2) is 72.5 Å². The van der Waals surface area contributed by atoms with E-state index in [0.29, 0.717) is 5.75 Å². The van der Waals surface area contributed by atoms with E-state index in [2.05, 4.69) is 21.7 Å². The predicted octanol–water partition coefficient (Wildman–Crippen LogP) is 4.09. The largest absolute Gasteiger partial charge is 0.495 e. The van der Waals surface area contributed by atoms with Crippen LogP contribution < -0.4 is 14.5 Å². The number of ether oxygens (including phenoxy) is 1. The molecule has 7 nitrogen and oxygen atoms in total. The number of carbonyl (C=O) groups is 1. The van der Waals surface area contributed by atoms with Crippen molar-refractivity contribution in [3.63, 3.8) is 0 Å². The van der Waals surface area contributed by atoms with Crippen LogP contribution in [0.1, 0.15) is 28.4 Å². The molecule has 3 aromatic carbocycles. The zero-order valence-corrected chi connectivity index (χ0v) is 23.1. The molecule has 2 aliphatic heterocycles. The van der Waals surface area contributed by atoms with Gasteiger partial charge in [0.15, 0.2) is 5.78 Å². The van der Waals surface area contributed by atoms with Gasteiger partial charge in [-0.15, -0.1) is 0 Å². The van der Waals surface area contributed by atoms with E-state index in [0.717, 1.165) is 80.2 Å². The average Bonchev–Trinajstić information content (AvgIpc) is 3.13. The number of likely N-dealkylation sites (N-methyl/N-ethyl adjacent to an activating group) is 1. The van der Waals surface area contributed by atoms with Gasteiger partial charge in [-0.2, -0.15) is 0 Å². The second kappa shape index (κ2) is 10.8. The minimum Gasteiger partial charge on any atom is -0.495 e. The van der Waals surface area contributed by atoms with Gasteiger partial charge in [-0.1, -0.05) is 0 Å². The molecular formula is C30H35N3O4S. The maximum absolute atomic E-state index is 13.7. The van der Waals surface area contributed by atoms with Crippen LogP contribution >= 0.6 is 0 Å². The van der Waals surface area contributed by atoms with Crippen LogP contribution in [0.4, 0.5) is 11.4 Å². The van der Waals surface area contributed by atoms with Gasteiger partial charge in [0.2, 0.25) is 9.84 Å². The summed E-state index contributed by atoms with van der Waals surface area (Å²) in [6.45, 7) is 6.78. The number of rotatable bonds is 6. The number of Topliss-reactive ketones (excluding diaryl/α,β-unsaturated/α-hetero) is 1. The third-order valence-corrected chi connectivity index (χ3v) is 9.52. The SMILES string of the molecule is COc1cc2c(cc1S(=O)(=O)c1ccc(N3CCN(c4ccc(C(C)=O)cc4)CC3)cc1)CCN(C)CC2. The fraction of sp³-hybridized carbons (Fsp3) is 0.367. The van der Waals surface area contributed by atoms with Gasteiger partial charge in [-0.05, 0) is 98.6 Å². The van der Waals surface area contributed by atoms with Crippen LogP contribution in [0.15, 0.2) is 70.5 Å². The van der Waals surface area contributed by atoms with Crippen molar-refractivity contribution in [3.05, 3.63) is 77.4 Å². The first kappa shape index (κ1) is 26.3. The summed E-state index contributed by atoms with van der Waals surface area (Å²) in [4.78, 5) is 18.9. The van der Waals surface area contributed by atoms with Gasteiger partial charge in [0.05, 0.1) is 12.0 Å². The highest BCUT2D eigenvalue weighted by molar-refractivity contribution is 7.91. The molecule has 0 spiro atoms. The van der Waals surface area contributed by atoms with Crippen molar-refractivity contribution in [2.45, 2.75) is 29.6 Å². The summed E-state index contributed by atoms with van der Waals surface area (Å²) in [7, 11) is -0.108. The first-order valence-electron chi connectivity index (χ1n) is 13.1. The van der Waals surface area contributed by atoms with Gasteiger partial charge in [-0.3, -0.25) is 4.79 Å². The molecule has 0 saturated carbocycles. The molecule has 2 aliphatic rings. The Morgan fingerprint density at radius 2 is 1.26 bits per heavy atom. The molecule has 0 unspecified atom stereocenters. The average molecular weight is 534 g/mol. The van der Waals surface area contributed by atoms with Crippen molar-refractivity contribution in [2.24, 2.45) is 0 Å². The van der Waals surface area contributed by atoms with Crippen LogP contribution in [0.3, 0.4) is 0 Å². The molecule has 200 valence electrons. The molecule has 0 amide bonds. The summed E-state index contributed by atoms with van der Waals surface area (Å²) in [5, 5.41) is 0. The molecule has 0 aliphatic carbocycles. The Morgan fingerprint density at radius 3 is 1.76 bits per heavy atom. The molecule has 1 fully saturated rings. The maximum atomic E-state index is 13.7. The molecule has 38 heavy (non-hydrogen) atoms. The summed E-state index contributed by atoms with van der Waals surface area (Å²) < 4.78 is 32.9. The van der Waals surface area contributed by atoms with E-state index in [9.17, 15) is 13.2 Å². The number of methoxy groups -OCH3 is 1. The number of anilines is 2. The number of hydrogen-bond acceptors (Lipinski definition) is 7. The van der Waals surface area contributed by atoms with Gasteiger partial charge in [0, 0.05) is 56.2 Å². The molecular weight excluding hydrogens is 498 g/mol. The maximum Gasteiger partial charge on any atom is 0.210 e. The molecule has 2 heterocycles. The fourth-order valence-electron chi connectivity index (χ4n) is 5.31. The summed E-state index contributed by atoms with van der Waals surface area (Å²) in [6.07, 6.45) is 1.71. The van der Waals surface area contributed by atoms with Gasteiger partial charge >= 0.3 is 0 Å². The molecule has 3 aromatic rings. The first-order valence-corrected chi connectivity index (χ1v) is 14.6. The topological polar surface area (TPSA) is 70.2 Å². The highest BCUT2D eigenvalue weighted by Gasteiger charge is 2.26. The molecule has 5 rings (SSSR count). The van der Waals surface area contributed by atoms with E-state index in [-0.39, 0.29) is 15.6 Å². The molecule has 1 saturated heterocycles. The lowest BCUT2D eigenvalue weighted by molar-refractivity contribution is 0.101. The lowest BCUT2D eigenvalue weighted by Gasteiger charge is -2.37.